The highest BCUT2D eigenvalue weighted by Gasteiger charge is 2.37. The molecule has 8 heteroatoms. The molecule has 1 saturated heterocycles. The van der Waals surface area contributed by atoms with Gasteiger partial charge in [0.25, 0.3) is 0 Å². The minimum absolute atomic E-state index is 0.0157. The van der Waals surface area contributed by atoms with Gasteiger partial charge in [0.15, 0.2) is 23.0 Å². The molecule has 7 nitrogen and oxygen atoms in total. The third kappa shape index (κ3) is 4.97. The summed E-state index contributed by atoms with van der Waals surface area (Å²) >= 11 is 5.28. The number of hydrogen-bond donors (Lipinski definition) is 0. The molecule has 0 aliphatic carbocycles. The lowest BCUT2D eigenvalue weighted by atomic mass is 9.85. The third-order valence-corrected chi connectivity index (χ3v) is 5.21. The Morgan fingerprint density at radius 1 is 0.933 bits per heavy atom. The molecule has 0 aromatic heterocycles. The first-order chi connectivity index (χ1) is 14.4. The molecule has 0 N–H and O–H groups in total. The smallest absolute Gasteiger partial charge is 0.409 e. The molecule has 2 atom stereocenters. The van der Waals surface area contributed by atoms with Crippen molar-refractivity contribution in [2.75, 3.05) is 27.9 Å². The van der Waals surface area contributed by atoms with Gasteiger partial charge in [0.05, 0.1) is 33.9 Å². The predicted molar refractivity (Wildman–Crippen MR) is 110 cm³/mol. The summed E-state index contributed by atoms with van der Waals surface area (Å²) in [7, 11) is 4.64. The number of cyclic esters (lactones) is 1. The average molecular weight is 435 g/mol. The summed E-state index contributed by atoms with van der Waals surface area (Å²) < 4.78 is 26.2. The fourth-order valence-electron chi connectivity index (χ4n) is 3.63. The van der Waals surface area contributed by atoms with Crippen LogP contribution >= 0.6 is 11.6 Å². The molecular weight excluding hydrogens is 412 g/mol. The van der Waals surface area contributed by atoms with Crippen molar-refractivity contribution in [2.45, 2.75) is 12.8 Å². The lowest BCUT2D eigenvalue weighted by Crippen LogP contribution is -2.20. The highest BCUT2D eigenvalue weighted by Crippen LogP contribution is 2.35. The van der Waals surface area contributed by atoms with Crippen LogP contribution in [0.25, 0.3) is 0 Å². The van der Waals surface area contributed by atoms with E-state index in [1.165, 1.54) is 7.11 Å². The summed E-state index contributed by atoms with van der Waals surface area (Å²) in [5.41, 5.74) is 0.945. The Hall–Kier alpha value is -2.93. The molecule has 0 bridgehead atoms. The maximum atomic E-state index is 12.4. The number of rotatable bonds is 8. The van der Waals surface area contributed by atoms with E-state index in [1.807, 2.05) is 18.2 Å². The van der Waals surface area contributed by atoms with Gasteiger partial charge in [-0.15, -0.1) is 0 Å². The Morgan fingerprint density at radius 2 is 1.50 bits per heavy atom. The molecule has 1 heterocycles. The molecule has 160 valence electrons. The Balaban J connectivity index is 1.76. The van der Waals surface area contributed by atoms with Gasteiger partial charge in [-0.1, -0.05) is 12.1 Å². The van der Waals surface area contributed by atoms with Crippen molar-refractivity contribution in [3.8, 4) is 23.0 Å². The molecule has 2 unspecified atom stereocenters. The minimum Gasteiger partial charge on any atom is -0.493 e. The maximum absolute atomic E-state index is 12.4. The van der Waals surface area contributed by atoms with Crippen LogP contribution in [0.1, 0.15) is 11.1 Å². The molecule has 0 saturated carbocycles. The number of carbonyl (C=O) groups is 2. The summed E-state index contributed by atoms with van der Waals surface area (Å²) in [4.78, 5) is 23.4. The number of hydrogen-bond acceptors (Lipinski definition) is 7. The van der Waals surface area contributed by atoms with E-state index in [2.05, 4.69) is 0 Å². The zero-order valence-electron chi connectivity index (χ0n) is 17.0. The summed E-state index contributed by atoms with van der Waals surface area (Å²) in [5.74, 6) is 1.37. The first kappa shape index (κ1) is 21.8. The SMILES string of the molecule is COc1ccc(CC2COC(=O)C2Cc2ccc(OC(=O)Cl)c(OC)c2)cc1OC. The van der Waals surface area contributed by atoms with Crippen LogP contribution in [-0.2, 0) is 22.4 Å². The van der Waals surface area contributed by atoms with Gasteiger partial charge in [-0.05, 0) is 48.2 Å². The largest absolute Gasteiger partial charge is 0.493 e. The molecule has 0 radical (unpaired) electrons. The normalized spacial score (nSPS) is 17.9. The van der Waals surface area contributed by atoms with Crippen LogP contribution in [0.15, 0.2) is 36.4 Å². The second-order valence-corrected chi connectivity index (χ2v) is 7.23. The molecule has 0 amide bonds. The molecule has 1 aliphatic heterocycles. The van der Waals surface area contributed by atoms with E-state index in [-0.39, 0.29) is 23.6 Å². The highest BCUT2D eigenvalue weighted by molar-refractivity contribution is 6.61. The average Bonchev–Trinajstić information content (AvgIpc) is 3.07. The van der Waals surface area contributed by atoms with Gasteiger partial charge in [-0.2, -0.15) is 0 Å². The van der Waals surface area contributed by atoms with Crippen LogP contribution in [-0.4, -0.2) is 39.3 Å². The van der Waals surface area contributed by atoms with E-state index in [9.17, 15) is 9.59 Å². The van der Waals surface area contributed by atoms with Gasteiger partial charge in [0.1, 0.15) is 0 Å². The molecule has 2 aromatic carbocycles. The predicted octanol–water partition coefficient (Wildman–Crippen LogP) is 4.02. The summed E-state index contributed by atoms with van der Waals surface area (Å²) in [5, 5.41) is 0. The van der Waals surface area contributed by atoms with Crippen molar-refractivity contribution >= 4 is 23.0 Å². The van der Waals surface area contributed by atoms with Crippen molar-refractivity contribution in [3.05, 3.63) is 47.5 Å². The number of halogens is 1. The van der Waals surface area contributed by atoms with E-state index < -0.39 is 5.43 Å². The fraction of sp³-hybridized carbons (Fsp3) is 0.364. The van der Waals surface area contributed by atoms with E-state index in [4.69, 9.17) is 35.3 Å². The fourth-order valence-corrected chi connectivity index (χ4v) is 3.71. The molecular formula is C22H23ClO7. The van der Waals surface area contributed by atoms with E-state index >= 15 is 0 Å². The first-order valence-electron chi connectivity index (χ1n) is 9.37. The summed E-state index contributed by atoms with van der Waals surface area (Å²) in [6.45, 7) is 0.358. The van der Waals surface area contributed by atoms with Gasteiger partial charge in [0.2, 0.25) is 0 Å². The Labute approximate surface area is 179 Å². The van der Waals surface area contributed by atoms with Crippen LogP contribution in [0.5, 0.6) is 23.0 Å². The summed E-state index contributed by atoms with van der Waals surface area (Å²) in [6, 6.07) is 10.8. The Morgan fingerprint density at radius 3 is 2.10 bits per heavy atom. The van der Waals surface area contributed by atoms with Crippen LogP contribution in [0.2, 0.25) is 0 Å². The number of methoxy groups -OCH3 is 3. The van der Waals surface area contributed by atoms with Gasteiger partial charge >= 0.3 is 11.4 Å². The zero-order valence-corrected chi connectivity index (χ0v) is 17.7. The zero-order chi connectivity index (χ0) is 21.7. The van der Waals surface area contributed by atoms with Crippen molar-refractivity contribution in [1.82, 2.24) is 0 Å². The third-order valence-electron chi connectivity index (χ3n) is 5.13. The molecule has 0 spiro atoms. The Kier molecular flexibility index (Phi) is 7.05. The number of ether oxygens (including phenoxy) is 5. The van der Waals surface area contributed by atoms with Gasteiger partial charge < -0.3 is 23.7 Å². The van der Waals surface area contributed by atoms with E-state index in [0.717, 1.165) is 11.1 Å². The lowest BCUT2D eigenvalue weighted by molar-refractivity contribution is -0.141. The van der Waals surface area contributed by atoms with Crippen molar-refractivity contribution in [3.63, 3.8) is 0 Å². The van der Waals surface area contributed by atoms with Gasteiger partial charge in [0, 0.05) is 17.5 Å². The number of carbonyl (C=O) groups excluding carboxylic acids is 2. The number of esters is 1. The van der Waals surface area contributed by atoms with E-state index in [0.29, 0.717) is 36.7 Å². The van der Waals surface area contributed by atoms with Crippen molar-refractivity contribution < 1.29 is 33.3 Å². The lowest BCUT2D eigenvalue weighted by Gasteiger charge is -2.17. The van der Waals surface area contributed by atoms with Crippen molar-refractivity contribution in [2.24, 2.45) is 11.8 Å². The summed E-state index contributed by atoms with van der Waals surface area (Å²) in [6.07, 6.45) is 1.14. The minimum atomic E-state index is -0.949. The quantitative estimate of drug-likeness (QED) is 0.458. The number of benzene rings is 2. The van der Waals surface area contributed by atoms with E-state index in [1.54, 1.807) is 32.4 Å². The van der Waals surface area contributed by atoms with Gasteiger partial charge in [-0.25, -0.2) is 4.79 Å². The van der Waals surface area contributed by atoms with Crippen LogP contribution < -0.4 is 18.9 Å². The molecule has 2 aromatic rings. The Bertz CT molecular complexity index is 928. The van der Waals surface area contributed by atoms with Crippen LogP contribution in [0.3, 0.4) is 0 Å². The highest BCUT2D eigenvalue weighted by atomic mass is 35.5. The topological polar surface area (TPSA) is 80.3 Å². The van der Waals surface area contributed by atoms with Gasteiger partial charge in [-0.3, -0.25) is 4.79 Å². The second kappa shape index (κ2) is 9.71. The van der Waals surface area contributed by atoms with Crippen LogP contribution in [0, 0.1) is 11.8 Å². The second-order valence-electron chi connectivity index (χ2n) is 6.92. The maximum Gasteiger partial charge on any atom is 0.409 e. The molecule has 1 aliphatic rings. The van der Waals surface area contributed by atoms with Crippen LogP contribution in [0.4, 0.5) is 4.79 Å². The molecule has 30 heavy (non-hydrogen) atoms. The molecule has 3 rings (SSSR count). The standard InChI is InChI=1S/C22H23ClO7/c1-26-17-6-4-13(10-19(17)27-2)8-15-12-29-21(24)16(15)9-14-5-7-18(30-22(23)25)20(11-14)28-3/h4-7,10-11,15-16H,8-9,12H2,1-3H3. The monoisotopic (exact) mass is 434 g/mol. The first-order valence-corrected chi connectivity index (χ1v) is 9.74. The molecule has 1 fully saturated rings. The van der Waals surface area contributed by atoms with Crippen molar-refractivity contribution in [1.29, 1.82) is 0 Å².